The number of alkyl halides is 3. The maximum Gasteiger partial charge on any atom is 0.573 e. The smallest absolute Gasteiger partial charge is 0.399 e. The summed E-state index contributed by atoms with van der Waals surface area (Å²) in [5, 5.41) is 0. The summed E-state index contributed by atoms with van der Waals surface area (Å²) < 4.78 is 131. The normalized spacial score (nSPS) is 20.1. The van der Waals surface area contributed by atoms with Crippen LogP contribution < -0.4 is 4.74 Å². The van der Waals surface area contributed by atoms with E-state index < -0.39 is 53.0 Å². The van der Waals surface area contributed by atoms with Crippen molar-refractivity contribution in [3.63, 3.8) is 0 Å². The number of rotatable bonds is 10. The number of hydrogen-bond donors (Lipinski definition) is 0. The monoisotopic (exact) mass is 656 g/mol. The molecule has 3 aromatic carbocycles. The van der Waals surface area contributed by atoms with Crippen LogP contribution in [0.15, 0.2) is 30.3 Å². The van der Waals surface area contributed by atoms with E-state index >= 15 is 13.2 Å². The van der Waals surface area contributed by atoms with Crippen LogP contribution in [0.2, 0.25) is 0 Å². The van der Waals surface area contributed by atoms with Gasteiger partial charge in [0.05, 0.1) is 0 Å². The molecule has 0 bridgehead atoms. The van der Waals surface area contributed by atoms with Gasteiger partial charge in [0, 0.05) is 5.56 Å². The topological polar surface area (TPSA) is 9.23 Å². The van der Waals surface area contributed by atoms with Gasteiger partial charge in [0.2, 0.25) is 5.75 Å². The summed E-state index contributed by atoms with van der Waals surface area (Å²) in [5.41, 5.74) is 1.52. The van der Waals surface area contributed by atoms with Gasteiger partial charge >= 0.3 is 6.36 Å². The zero-order valence-corrected chi connectivity index (χ0v) is 25.6. The molecule has 2 aliphatic carbocycles. The van der Waals surface area contributed by atoms with Crippen molar-refractivity contribution < 1.29 is 44.3 Å². The Bertz CT molecular complexity index is 1520. The van der Waals surface area contributed by atoms with Gasteiger partial charge in [-0.25, -0.2) is 26.3 Å². The minimum atomic E-state index is -5.26. The fourth-order valence-electron chi connectivity index (χ4n) is 7.22. The number of ether oxygens (including phenoxy) is 1. The lowest BCUT2D eigenvalue weighted by Gasteiger charge is -2.32. The summed E-state index contributed by atoms with van der Waals surface area (Å²) in [6.07, 6.45) is 1.58. The molecule has 0 saturated heterocycles. The van der Waals surface area contributed by atoms with Gasteiger partial charge in [0.25, 0.3) is 0 Å². The average Bonchev–Trinajstić information content (AvgIpc) is 3.01. The highest BCUT2D eigenvalue weighted by Gasteiger charge is 2.37. The Hall–Kier alpha value is -3.17. The Morgan fingerprint density at radius 1 is 0.717 bits per heavy atom. The summed E-state index contributed by atoms with van der Waals surface area (Å²) in [6, 6.07) is 6.86. The molecule has 250 valence electrons. The number of aryl methyl sites for hydroxylation is 2. The van der Waals surface area contributed by atoms with Gasteiger partial charge in [-0.3, -0.25) is 0 Å². The molecule has 1 atom stereocenters. The summed E-state index contributed by atoms with van der Waals surface area (Å²) in [6.45, 7) is 2.11. The minimum Gasteiger partial charge on any atom is -0.399 e. The highest BCUT2D eigenvalue weighted by Crippen LogP contribution is 2.45. The summed E-state index contributed by atoms with van der Waals surface area (Å²) >= 11 is 0. The predicted molar refractivity (Wildman–Crippen MR) is 157 cm³/mol. The predicted octanol–water partition coefficient (Wildman–Crippen LogP) is 11.3. The second kappa shape index (κ2) is 14.3. The third kappa shape index (κ3) is 7.68. The molecule has 3 aromatic rings. The molecule has 1 saturated carbocycles. The van der Waals surface area contributed by atoms with Crippen molar-refractivity contribution in [2.24, 2.45) is 5.92 Å². The molecule has 10 heteroatoms. The Labute approximate surface area is 263 Å². The Kier molecular flexibility index (Phi) is 10.6. The van der Waals surface area contributed by atoms with E-state index in [2.05, 4.69) is 11.7 Å². The number of fused-ring (bicyclic) bond motifs is 1. The van der Waals surface area contributed by atoms with Gasteiger partial charge in [-0.05, 0) is 134 Å². The second-order valence-electron chi connectivity index (χ2n) is 12.8. The zero-order chi connectivity index (χ0) is 33.2. The van der Waals surface area contributed by atoms with E-state index in [1.165, 1.54) is 0 Å². The molecule has 0 aromatic heterocycles. The maximum atomic E-state index is 15.8. The Morgan fingerprint density at radius 2 is 1.39 bits per heavy atom. The number of hydrogen-bond acceptors (Lipinski definition) is 1. The van der Waals surface area contributed by atoms with Crippen LogP contribution in [0.4, 0.5) is 39.5 Å². The summed E-state index contributed by atoms with van der Waals surface area (Å²) in [5.74, 6) is -9.03. The Morgan fingerprint density at radius 3 is 2.02 bits per heavy atom. The average molecular weight is 657 g/mol. The molecule has 0 N–H and O–H groups in total. The van der Waals surface area contributed by atoms with Gasteiger partial charge in [-0.1, -0.05) is 31.9 Å². The van der Waals surface area contributed by atoms with Crippen molar-refractivity contribution in [3.05, 3.63) is 98.6 Å². The van der Waals surface area contributed by atoms with E-state index in [-0.39, 0.29) is 72.5 Å². The molecule has 0 heterocycles. The van der Waals surface area contributed by atoms with E-state index in [1.54, 1.807) is 12.1 Å². The van der Waals surface area contributed by atoms with E-state index in [4.69, 9.17) is 0 Å². The van der Waals surface area contributed by atoms with Crippen molar-refractivity contribution in [1.29, 1.82) is 0 Å². The molecule has 0 aliphatic heterocycles. The van der Waals surface area contributed by atoms with Crippen LogP contribution in [-0.2, 0) is 25.7 Å². The number of unbranched alkanes of at least 4 members (excludes halogenated alkanes) is 2. The summed E-state index contributed by atoms with van der Waals surface area (Å²) in [4.78, 5) is 0. The molecule has 2 aliphatic rings. The van der Waals surface area contributed by atoms with Gasteiger partial charge in [-0.15, -0.1) is 13.2 Å². The van der Waals surface area contributed by atoms with Gasteiger partial charge in [-0.2, -0.15) is 0 Å². The first-order valence-electron chi connectivity index (χ1n) is 16.1. The lowest BCUT2D eigenvalue weighted by molar-refractivity contribution is -0.276. The zero-order valence-electron chi connectivity index (χ0n) is 25.6. The van der Waals surface area contributed by atoms with E-state index in [0.717, 1.165) is 43.4 Å². The lowest BCUT2D eigenvalue weighted by Crippen LogP contribution is -2.23. The van der Waals surface area contributed by atoms with Gasteiger partial charge < -0.3 is 4.74 Å². The second-order valence-corrected chi connectivity index (χ2v) is 12.8. The number of benzene rings is 3. The van der Waals surface area contributed by atoms with Crippen LogP contribution in [0.1, 0.15) is 110 Å². The van der Waals surface area contributed by atoms with Gasteiger partial charge in [0.1, 0.15) is 11.6 Å². The molecular formula is C36H37F9O. The molecule has 0 radical (unpaired) electrons. The first-order valence-corrected chi connectivity index (χ1v) is 16.1. The molecule has 0 spiro atoms. The van der Waals surface area contributed by atoms with Crippen molar-refractivity contribution in [3.8, 4) is 5.75 Å². The largest absolute Gasteiger partial charge is 0.573 e. The van der Waals surface area contributed by atoms with Crippen molar-refractivity contribution >= 4 is 0 Å². The fraction of sp³-hybridized carbons (Fsp3) is 0.500. The van der Waals surface area contributed by atoms with Crippen molar-refractivity contribution in [1.82, 2.24) is 0 Å². The quantitative estimate of drug-likeness (QED) is 0.120. The minimum absolute atomic E-state index is 0.0301. The molecule has 0 amide bonds. The molecular weight excluding hydrogens is 619 g/mol. The van der Waals surface area contributed by atoms with E-state index in [1.807, 2.05) is 6.07 Å². The molecule has 1 nitrogen and oxygen atoms in total. The first kappa shape index (κ1) is 34.2. The molecule has 46 heavy (non-hydrogen) atoms. The van der Waals surface area contributed by atoms with Crippen molar-refractivity contribution in [2.45, 2.75) is 109 Å². The maximum absolute atomic E-state index is 15.8. The third-order valence-corrected chi connectivity index (χ3v) is 9.71. The van der Waals surface area contributed by atoms with Gasteiger partial charge in [0.15, 0.2) is 23.3 Å². The molecule has 5 rings (SSSR count). The van der Waals surface area contributed by atoms with Crippen molar-refractivity contribution in [2.75, 3.05) is 0 Å². The van der Waals surface area contributed by atoms with E-state index in [9.17, 15) is 26.3 Å². The van der Waals surface area contributed by atoms with E-state index in [0.29, 0.717) is 24.8 Å². The third-order valence-electron chi connectivity index (χ3n) is 9.71. The summed E-state index contributed by atoms with van der Waals surface area (Å²) in [7, 11) is 0. The lowest BCUT2D eigenvalue weighted by atomic mass is 9.73. The van der Waals surface area contributed by atoms with Crippen LogP contribution in [0.25, 0.3) is 0 Å². The molecule has 1 unspecified atom stereocenters. The van der Waals surface area contributed by atoms with Crippen LogP contribution >= 0.6 is 0 Å². The van der Waals surface area contributed by atoms with Crippen LogP contribution in [0, 0.1) is 40.8 Å². The van der Waals surface area contributed by atoms with Crippen LogP contribution in [0.5, 0.6) is 5.75 Å². The molecule has 1 fully saturated rings. The SMILES string of the molecule is CCCCCc1ccc(CCC2CCc3c(F)c(C4CCC(c5cc(F)c(OC(F)(F)F)c(F)c5)CC4)c(F)c(F)c3C2)c(F)c1. The highest BCUT2D eigenvalue weighted by molar-refractivity contribution is 5.41. The highest BCUT2D eigenvalue weighted by atomic mass is 19.4. The standard InChI is InChI=1S/C36H37F9O/c1-2-3-4-5-20-6-9-23(28(37)17-20)10-7-21-8-15-26-27(16-21)33(41)34(42)31(32(26)40)24-13-11-22(12-14-24)25-18-29(38)35(30(39)19-25)46-36(43,44)45/h6,9,17-19,21-22,24H,2-5,7-8,10-16H2,1H3. The van der Waals surface area contributed by atoms with Crippen LogP contribution in [0.3, 0.4) is 0 Å². The fourth-order valence-corrected chi connectivity index (χ4v) is 7.22. The first-order chi connectivity index (χ1) is 21.9. The Balaban J connectivity index is 1.23. The van der Waals surface area contributed by atoms with Crippen LogP contribution in [-0.4, -0.2) is 6.36 Å². The number of halogens is 9.